The minimum absolute atomic E-state index is 0.199. The van der Waals surface area contributed by atoms with Crippen molar-refractivity contribution >= 4 is 35.1 Å². The number of hydrogen-bond donors (Lipinski definition) is 3. The van der Waals surface area contributed by atoms with Crippen LogP contribution in [-0.4, -0.2) is 24.0 Å². The highest BCUT2D eigenvalue weighted by Gasteiger charge is 2.34. The summed E-state index contributed by atoms with van der Waals surface area (Å²) in [6.07, 6.45) is -3.41. The van der Waals surface area contributed by atoms with Gasteiger partial charge < -0.3 is 16.0 Å². The van der Waals surface area contributed by atoms with Crippen LogP contribution in [0.5, 0.6) is 0 Å². The smallest absolute Gasteiger partial charge is 0.355 e. The van der Waals surface area contributed by atoms with Crippen LogP contribution in [0.25, 0.3) is 0 Å². The first kappa shape index (κ1) is 23.1. The fourth-order valence-electron chi connectivity index (χ4n) is 2.56. The Hall–Kier alpha value is -3.60. The number of benzene rings is 2. The van der Waals surface area contributed by atoms with Crippen LogP contribution in [0.2, 0.25) is 0 Å². The zero-order valence-electron chi connectivity index (χ0n) is 16.5. The Morgan fingerprint density at radius 2 is 1.59 bits per heavy atom. The number of anilines is 2. The van der Waals surface area contributed by atoms with Gasteiger partial charge in [0.2, 0.25) is 0 Å². The van der Waals surface area contributed by atoms with Crippen molar-refractivity contribution in [3.63, 3.8) is 0 Å². The van der Waals surface area contributed by atoms with Crippen LogP contribution in [0.1, 0.15) is 15.9 Å². The summed E-state index contributed by atoms with van der Waals surface area (Å²) in [6.45, 7) is 0. The minimum atomic E-state index is -4.87. The number of carbonyl (C=O) groups is 2. The molecule has 0 atom stereocenters. The molecule has 3 N–H and O–H groups in total. The molecule has 0 radical (unpaired) electrons. The molecule has 0 unspecified atom stereocenters. The standard InChI is InChI=1S/C21H16F4N4O2S/c1-26-19(30)12-2-9-18(27-11-12)32-15-6-3-13(4-7-15)28-20(31)29-14-5-8-17(22)16(10-14)21(23,24)25/h2-11H,1H3,(H,26,30)(H2,28,29,31). The maximum absolute atomic E-state index is 13.3. The summed E-state index contributed by atoms with van der Waals surface area (Å²) >= 11 is 1.34. The molecule has 11 heteroatoms. The monoisotopic (exact) mass is 464 g/mol. The molecule has 0 aliphatic heterocycles. The number of urea groups is 1. The van der Waals surface area contributed by atoms with E-state index in [0.717, 1.165) is 11.0 Å². The van der Waals surface area contributed by atoms with E-state index in [-0.39, 0.29) is 11.6 Å². The number of nitrogens with zero attached hydrogens (tertiary/aromatic N) is 1. The molecule has 0 aliphatic rings. The lowest BCUT2D eigenvalue weighted by atomic mass is 10.2. The molecule has 3 amide bonds. The fourth-order valence-corrected chi connectivity index (χ4v) is 3.32. The van der Waals surface area contributed by atoms with Crippen LogP contribution < -0.4 is 16.0 Å². The molecule has 0 spiro atoms. The Balaban J connectivity index is 1.60. The zero-order chi connectivity index (χ0) is 23.3. The third-order valence-electron chi connectivity index (χ3n) is 4.09. The molecule has 2 aromatic carbocycles. The summed E-state index contributed by atoms with van der Waals surface area (Å²) in [6, 6.07) is 11.4. The number of rotatable bonds is 5. The van der Waals surface area contributed by atoms with Gasteiger partial charge in [-0.05, 0) is 54.6 Å². The zero-order valence-corrected chi connectivity index (χ0v) is 17.3. The molecule has 1 heterocycles. The van der Waals surface area contributed by atoms with Gasteiger partial charge in [0.15, 0.2) is 0 Å². The number of carbonyl (C=O) groups excluding carboxylic acids is 2. The van der Waals surface area contributed by atoms with E-state index in [1.165, 1.54) is 25.0 Å². The maximum Gasteiger partial charge on any atom is 0.419 e. The number of pyridine rings is 1. The van der Waals surface area contributed by atoms with Crippen molar-refractivity contribution in [1.29, 1.82) is 0 Å². The molecule has 3 aromatic rings. The number of halogens is 4. The van der Waals surface area contributed by atoms with Gasteiger partial charge in [-0.3, -0.25) is 4.79 Å². The van der Waals surface area contributed by atoms with Crippen LogP contribution in [0, 0.1) is 5.82 Å². The Kier molecular flexibility index (Phi) is 6.98. The summed E-state index contributed by atoms with van der Waals surface area (Å²) in [7, 11) is 1.53. The van der Waals surface area contributed by atoms with E-state index < -0.39 is 23.6 Å². The molecule has 0 saturated carbocycles. The largest absolute Gasteiger partial charge is 0.419 e. The third kappa shape index (κ3) is 5.97. The van der Waals surface area contributed by atoms with Crippen LogP contribution in [0.15, 0.2) is 70.7 Å². The third-order valence-corrected chi connectivity index (χ3v) is 5.05. The van der Waals surface area contributed by atoms with Crippen molar-refractivity contribution in [3.05, 3.63) is 77.7 Å². The van der Waals surface area contributed by atoms with Gasteiger partial charge in [0.25, 0.3) is 5.91 Å². The lowest BCUT2D eigenvalue weighted by molar-refractivity contribution is -0.139. The lowest BCUT2D eigenvalue weighted by Gasteiger charge is -2.12. The first-order valence-electron chi connectivity index (χ1n) is 9.06. The maximum atomic E-state index is 13.3. The van der Waals surface area contributed by atoms with E-state index in [1.807, 2.05) is 0 Å². The van der Waals surface area contributed by atoms with Gasteiger partial charge in [-0.2, -0.15) is 13.2 Å². The summed E-state index contributed by atoms with van der Waals surface area (Å²) in [4.78, 5) is 28.6. The van der Waals surface area contributed by atoms with E-state index in [9.17, 15) is 27.2 Å². The number of nitrogens with one attached hydrogen (secondary N) is 3. The SMILES string of the molecule is CNC(=O)c1ccc(Sc2ccc(NC(=O)Nc3ccc(F)c(C(F)(F)F)c3)cc2)nc1. The van der Waals surface area contributed by atoms with Crippen LogP contribution in [0.4, 0.5) is 33.7 Å². The molecule has 0 fully saturated rings. The average molecular weight is 464 g/mol. The van der Waals surface area contributed by atoms with E-state index >= 15 is 0 Å². The predicted octanol–water partition coefficient (Wildman–Crippen LogP) is 5.39. The minimum Gasteiger partial charge on any atom is -0.355 e. The molecular weight excluding hydrogens is 448 g/mol. The van der Waals surface area contributed by atoms with Crippen molar-refractivity contribution in [2.24, 2.45) is 0 Å². The second-order valence-electron chi connectivity index (χ2n) is 6.36. The Morgan fingerprint density at radius 1 is 0.938 bits per heavy atom. The van der Waals surface area contributed by atoms with Crippen molar-refractivity contribution < 1.29 is 27.2 Å². The van der Waals surface area contributed by atoms with E-state index in [0.29, 0.717) is 28.4 Å². The quantitative estimate of drug-likeness (QED) is 0.442. The summed E-state index contributed by atoms with van der Waals surface area (Å²) in [5.41, 5.74) is -0.831. The second kappa shape index (κ2) is 9.69. The molecule has 0 saturated heterocycles. The molecule has 1 aromatic heterocycles. The number of hydrogen-bond acceptors (Lipinski definition) is 4. The molecule has 0 bridgehead atoms. The average Bonchev–Trinajstić information content (AvgIpc) is 2.75. The van der Waals surface area contributed by atoms with E-state index in [1.54, 1.807) is 36.4 Å². The van der Waals surface area contributed by atoms with Crippen molar-refractivity contribution in [1.82, 2.24) is 10.3 Å². The topological polar surface area (TPSA) is 83.1 Å². The molecule has 6 nitrogen and oxygen atoms in total. The van der Waals surface area contributed by atoms with Crippen molar-refractivity contribution in [3.8, 4) is 0 Å². The van der Waals surface area contributed by atoms with Gasteiger partial charge in [0, 0.05) is 29.5 Å². The molecule has 166 valence electrons. The van der Waals surface area contributed by atoms with Crippen LogP contribution in [0.3, 0.4) is 0 Å². The summed E-state index contributed by atoms with van der Waals surface area (Å²) < 4.78 is 51.7. The van der Waals surface area contributed by atoms with Gasteiger partial charge in [-0.1, -0.05) is 11.8 Å². The van der Waals surface area contributed by atoms with E-state index in [4.69, 9.17) is 0 Å². The summed E-state index contributed by atoms with van der Waals surface area (Å²) in [5, 5.41) is 7.89. The first-order valence-corrected chi connectivity index (χ1v) is 9.88. The number of amides is 3. The van der Waals surface area contributed by atoms with Crippen LogP contribution >= 0.6 is 11.8 Å². The number of alkyl halides is 3. The predicted molar refractivity (Wildman–Crippen MR) is 112 cm³/mol. The highest BCUT2D eigenvalue weighted by Crippen LogP contribution is 2.33. The fraction of sp³-hybridized carbons (Fsp3) is 0.0952. The molecule has 0 aliphatic carbocycles. The molecule has 3 rings (SSSR count). The van der Waals surface area contributed by atoms with Gasteiger partial charge in [-0.15, -0.1) is 0 Å². The van der Waals surface area contributed by atoms with E-state index in [2.05, 4.69) is 20.9 Å². The normalized spacial score (nSPS) is 11.0. The second-order valence-corrected chi connectivity index (χ2v) is 7.46. The van der Waals surface area contributed by atoms with Crippen LogP contribution in [-0.2, 0) is 6.18 Å². The van der Waals surface area contributed by atoms with Gasteiger partial charge in [-0.25, -0.2) is 14.2 Å². The van der Waals surface area contributed by atoms with Crippen molar-refractivity contribution in [2.75, 3.05) is 17.7 Å². The van der Waals surface area contributed by atoms with Crippen molar-refractivity contribution in [2.45, 2.75) is 16.1 Å². The Labute approximate surface area is 184 Å². The molecule has 32 heavy (non-hydrogen) atoms. The Morgan fingerprint density at radius 3 is 2.19 bits per heavy atom. The molecular formula is C21H16F4N4O2S. The first-order chi connectivity index (χ1) is 15.2. The highest BCUT2D eigenvalue weighted by molar-refractivity contribution is 7.99. The number of aromatic nitrogens is 1. The van der Waals surface area contributed by atoms with Gasteiger partial charge in [0.05, 0.1) is 11.1 Å². The summed E-state index contributed by atoms with van der Waals surface area (Å²) in [5.74, 6) is -1.66. The lowest BCUT2D eigenvalue weighted by Crippen LogP contribution is -2.20. The highest BCUT2D eigenvalue weighted by atomic mass is 32.2. The Bertz CT molecular complexity index is 1120. The van der Waals surface area contributed by atoms with Gasteiger partial charge in [0.1, 0.15) is 10.8 Å². The van der Waals surface area contributed by atoms with Gasteiger partial charge >= 0.3 is 12.2 Å².